The van der Waals surface area contributed by atoms with Crippen LogP contribution in [0.5, 0.6) is 0 Å². The summed E-state index contributed by atoms with van der Waals surface area (Å²) in [7, 11) is 0. The van der Waals surface area contributed by atoms with E-state index >= 15 is 0 Å². The lowest BCUT2D eigenvalue weighted by Gasteiger charge is -2.28. The summed E-state index contributed by atoms with van der Waals surface area (Å²) in [6, 6.07) is 13.7. The van der Waals surface area contributed by atoms with E-state index in [4.69, 9.17) is 9.72 Å². The molecule has 6 heteroatoms. The Balaban J connectivity index is 1.53. The summed E-state index contributed by atoms with van der Waals surface area (Å²) >= 11 is 0. The number of fused-ring (bicyclic) bond motifs is 1. The number of aromatic nitrogens is 2. The van der Waals surface area contributed by atoms with Gasteiger partial charge in [-0.15, -0.1) is 0 Å². The normalized spacial score (nSPS) is 14.4. The predicted octanol–water partition coefficient (Wildman–Crippen LogP) is 3.52. The van der Waals surface area contributed by atoms with E-state index < -0.39 is 0 Å². The van der Waals surface area contributed by atoms with Crippen LogP contribution < -0.4 is 10.2 Å². The maximum absolute atomic E-state index is 13.0. The fourth-order valence-electron chi connectivity index (χ4n) is 3.49. The minimum absolute atomic E-state index is 0.0877. The van der Waals surface area contributed by atoms with Gasteiger partial charge < -0.3 is 15.0 Å². The first-order valence-corrected chi connectivity index (χ1v) is 10.1. The first-order valence-electron chi connectivity index (χ1n) is 10.1. The Labute approximate surface area is 170 Å². The maximum Gasteiger partial charge on any atom is 0.252 e. The molecule has 1 aliphatic rings. The molecule has 29 heavy (non-hydrogen) atoms. The fraction of sp³-hybridized carbons (Fsp3) is 0.348. The molecule has 1 aromatic carbocycles. The van der Waals surface area contributed by atoms with Crippen molar-refractivity contribution < 1.29 is 9.53 Å². The second-order valence-electron chi connectivity index (χ2n) is 7.57. The van der Waals surface area contributed by atoms with E-state index in [1.54, 1.807) is 6.20 Å². The van der Waals surface area contributed by atoms with Crippen LogP contribution in [0.3, 0.4) is 0 Å². The van der Waals surface area contributed by atoms with Crippen molar-refractivity contribution >= 4 is 22.6 Å². The van der Waals surface area contributed by atoms with Crippen LogP contribution in [0.25, 0.3) is 10.9 Å². The van der Waals surface area contributed by atoms with Crippen molar-refractivity contribution in [3.8, 4) is 0 Å². The zero-order chi connectivity index (χ0) is 20.2. The van der Waals surface area contributed by atoms with Crippen LogP contribution in [-0.4, -0.2) is 42.2 Å². The van der Waals surface area contributed by atoms with E-state index in [0.717, 1.165) is 54.3 Å². The number of hydrogen-bond acceptors (Lipinski definition) is 5. The number of nitrogens with zero attached hydrogens (tertiary/aromatic N) is 3. The Bertz CT molecular complexity index is 1010. The van der Waals surface area contributed by atoms with Gasteiger partial charge >= 0.3 is 0 Å². The van der Waals surface area contributed by atoms with Crippen molar-refractivity contribution in [1.29, 1.82) is 0 Å². The molecule has 0 aliphatic carbocycles. The molecule has 3 aromatic rings. The summed E-state index contributed by atoms with van der Waals surface area (Å²) in [5.74, 6) is 1.09. The molecular weight excluding hydrogens is 364 g/mol. The first kappa shape index (κ1) is 19.3. The van der Waals surface area contributed by atoms with Gasteiger partial charge in [0.25, 0.3) is 5.91 Å². The van der Waals surface area contributed by atoms with Crippen LogP contribution in [0.4, 0.5) is 5.82 Å². The number of hydrogen-bond donors (Lipinski definition) is 1. The summed E-state index contributed by atoms with van der Waals surface area (Å²) < 4.78 is 5.41. The average Bonchev–Trinajstić information content (AvgIpc) is 2.77. The Morgan fingerprint density at radius 3 is 2.76 bits per heavy atom. The highest BCUT2D eigenvalue weighted by Crippen LogP contribution is 2.22. The van der Waals surface area contributed by atoms with Gasteiger partial charge in [-0.25, -0.2) is 4.98 Å². The molecule has 0 radical (unpaired) electrons. The zero-order valence-corrected chi connectivity index (χ0v) is 16.9. The van der Waals surface area contributed by atoms with E-state index in [0.29, 0.717) is 12.1 Å². The molecule has 1 N–H and O–H groups in total. The Morgan fingerprint density at radius 2 is 1.97 bits per heavy atom. The number of para-hydroxylation sites is 1. The third kappa shape index (κ3) is 4.38. The highest BCUT2D eigenvalue weighted by molar-refractivity contribution is 6.06. The third-order valence-corrected chi connectivity index (χ3v) is 5.17. The number of carbonyl (C=O) groups excluding carboxylic acids is 1. The molecule has 0 bridgehead atoms. The van der Waals surface area contributed by atoms with Crippen LogP contribution in [0.2, 0.25) is 0 Å². The summed E-state index contributed by atoms with van der Waals surface area (Å²) in [4.78, 5) is 24.4. The number of benzene rings is 1. The zero-order valence-electron chi connectivity index (χ0n) is 16.9. The van der Waals surface area contributed by atoms with Gasteiger partial charge in [0, 0.05) is 36.9 Å². The summed E-state index contributed by atoms with van der Waals surface area (Å²) in [5, 5.41) is 3.94. The average molecular weight is 390 g/mol. The second kappa shape index (κ2) is 8.57. The number of rotatable bonds is 5. The first-order chi connectivity index (χ1) is 14.1. The summed E-state index contributed by atoms with van der Waals surface area (Å²) in [6.45, 7) is 7.73. The highest BCUT2D eigenvalue weighted by Gasteiger charge is 2.15. The molecule has 1 aliphatic heterocycles. The van der Waals surface area contributed by atoms with Gasteiger partial charge in [-0.3, -0.25) is 9.78 Å². The Kier molecular flexibility index (Phi) is 5.71. The Hall–Kier alpha value is -2.99. The van der Waals surface area contributed by atoms with E-state index in [1.807, 2.05) is 42.5 Å². The number of anilines is 1. The van der Waals surface area contributed by atoms with E-state index in [1.165, 1.54) is 0 Å². The second-order valence-corrected chi connectivity index (χ2v) is 7.57. The van der Waals surface area contributed by atoms with E-state index in [2.05, 4.69) is 29.0 Å². The van der Waals surface area contributed by atoms with Crippen LogP contribution in [-0.2, 0) is 11.3 Å². The molecule has 150 valence electrons. The van der Waals surface area contributed by atoms with Crippen molar-refractivity contribution in [2.45, 2.75) is 26.3 Å². The largest absolute Gasteiger partial charge is 0.378 e. The van der Waals surface area contributed by atoms with Crippen LogP contribution in [0.15, 0.2) is 48.7 Å². The minimum atomic E-state index is -0.0877. The van der Waals surface area contributed by atoms with Crippen LogP contribution in [0, 0.1) is 0 Å². The monoisotopic (exact) mass is 390 g/mol. The van der Waals surface area contributed by atoms with Gasteiger partial charge in [-0.2, -0.15) is 0 Å². The van der Waals surface area contributed by atoms with Gasteiger partial charge in [0.15, 0.2) is 0 Å². The van der Waals surface area contributed by atoms with Crippen molar-refractivity contribution in [3.63, 3.8) is 0 Å². The molecule has 4 rings (SSSR count). The molecule has 0 saturated carbocycles. The molecule has 0 unspecified atom stereocenters. The summed E-state index contributed by atoms with van der Waals surface area (Å²) in [6.07, 6.45) is 1.80. The van der Waals surface area contributed by atoms with Gasteiger partial charge in [0.05, 0.1) is 24.3 Å². The molecule has 1 amide bonds. The third-order valence-electron chi connectivity index (χ3n) is 5.17. The topological polar surface area (TPSA) is 67.4 Å². The molecule has 3 heterocycles. The number of pyridine rings is 2. The number of nitrogens with one attached hydrogen (secondary N) is 1. The van der Waals surface area contributed by atoms with Gasteiger partial charge in [-0.1, -0.05) is 32.0 Å². The minimum Gasteiger partial charge on any atom is -0.378 e. The van der Waals surface area contributed by atoms with Crippen molar-refractivity contribution in [2.24, 2.45) is 0 Å². The lowest BCUT2D eigenvalue weighted by Crippen LogP contribution is -2.36. The Morgan fingerprint density at radius 1 is 1.17 bits per heavy atom. The van der Waals surface area contributed by atoms with Gasteiger partial charge in [-0.05, 0) is 35.7 Å². The number of carbonyl (C=O) groups is 1. The molecule has 2 aromatic heterocycles. The standard InChI is InChI=1S/C23H26N4O2/c1-16(2)21-14-19(18-5-3-4-6-20(18)26-21)23(28)25-15-17-7-8-24-22(13-17)27-9-11-29-12-10-27/h3-8,13-14,16H,9-12,15H2,1-2H3,(H,25,28). The smallest absolute Gasteiger partial charge is 0.252 e. The van der Waals surface area contributed by atoms with Crippen molar-refractivity contribution in [1.82, 2.24) is 15.3 Å². The lowest BCUT2D eigenvalue weighted by atomic mass is 10.0. The molecule has 1 saturated heterocycles. The maximum atomic E-state index is 13.0. The van der Waals surface area contributed by atoms with E-state index in [-0.39, 0.29) is 11.8 Å². The number of ether oxygens (including phenoxy) is 1. The summed E-state index contributed by atoms with van der Waals surface area (Å²) in [5.41, 5.74) is 3.47. The quantitative estimate of drug-likeness (QED) is 0.722. The molecule has 0 atom stereocenters. The van der Waals surface area contributed by atoms with Crippen molar-refractivity contribution in [2.75, 3.05) is 31.2 Å². The van der Waals surface area contributed by atoms with E-state index in [9.17, 15) is 4.79 Å². The molecular formula is C23H26N4O2. The predicted molar refractivity (Wildman–Crippen MR) is 114 cm³/mol. The molecule has 6 nitrogen and oxygen atoms in total. The number of morpholine rings is 1. The SMILES string of the molecule is CC(C)c1cc(C(=O)NCc2ccnc(N3CCOCC3)c2)c2ccccc2n1. The number of amides is 1. The van der Waals surface area contributed by atoms with Crippen LogP contribution in [0.1, 0.15) is 41.4 Å². The molecule has 1 fully saturated rings. The lowest BCUT2D eigenvalue weighted by molar-refractivity contribution is 0.0952. The fourth-order valence-corrected chi connectivity index (χ4v) is 3.49. The van der Waals surface area contributed by atoms with Gasteiger partial charge in [0.2, 0.25) is 0 Å². The highest BCUT2D eigenvalue weighted by atomic mass is 16.5. The van der Waals surface area contributed by atoms with Crippen molar-refractivity contribution in [3.05, 3.63) is 65.5 Å². The van der Waals surface area contributed by atoms with Crippen LogP contribution >= 0.6 is 0 Å². The molecule has 0 spiro atoms. The van der Waals surface area contributed by atoms with Gasteiger partial charge in [0.1, 0.15) is 5.82 Å².